The Kier molecular flexibility index (Phi) is 3.51. The monoisotopic (exact) mass is 293 g/mol. The van der Waals surface area contributed by atoms with Gasteiger partial charge in [0.05, 0.1) is 16.8 Å². The van der Waals surface area contributed by atoms with Gasteiger partial charge in [0.1, 0.15) is 12.4 Å². The lowest BCUT2D eigenvalue weighted by atomic mass is 10.1. The normalized spacial score (nSPS) is 13.2. The number of hydrogen-bond donors (Lipinski definition) is 0. The summed E-state index contributed by atoms with van der Waals surface area (Å²) in [5, 5.41) is 0. The lowest BCUT2D eigenvalue weighted by Crippen LogP contribution is -2.29. The minimum absolute atomic E-state index is 0.305. The van der Waals surface area contributed by atoms with Crippen LogP contribution >= 0.6 is 0 Å². The minimum Gasteiger partial charge on any atom is -0.487 e. The SMILES string of the molecule is C=CCOc1cc(C)ccc1N1C(=O)c2ccccc2C1=O. The van der Waals surface area contributed by atoms with Gasteiger partial charge in [-0.3, -0.25) is 9.59 Å². The molecule has 22 heavy (non-hydrogen) atoms. The number of nitrogens with zero attached hydrogens (tertiary/aromatic N) is 1. The smallest absolute Gasteiger partial charge is 0.266 e. The van der Waals surface area contributed by atoms with Crippen LogP contribution in [0.1, 0.15) is 26.3 Å². The molecule has 1 heterocycles. The molecule has 0 saturated heterocycles. The van der Waals surface area contributed by atoms with E-state index in [0.717, 1.165) is 5.56 Å². The van der Waals surface area contributed by atoms with Crippen molar-refractivity contribution >= 4 is 17.5 Å². The highest BCUT2D eigenvalue weighted by molar-refractivity contribution is 6.34. The van der Waals surface area contributed by atoms with E-state index in [-0.39, 0.29) is 11.8 Å². The summed E-state index contributed by atoms with van der Waals surface area (Å²) in [6.07, 6.45) is 1.62. The first-order valence-corrected chi connectivity index (χ1v) is 6.95. The van der Waals surface area contributed by atoms with Crippen LogP contribution in [0, 0.1) is 6.92 Å². The minimum atomic E-state index is -0.326. The largest absolute Gasteiger partial charge is 0.487 e. The summed E-state index contributed by atoms with van der Waals surface area (Å²) < 4.78 is 5.61. The average molecular weight is 293 g/mol. The number of aryl methyl sites for hydroxylation is 1. The Bertz CT molecular complexity index is 745. The van der Waals surface area contributed by atoms with E-state index in [0.29, 0.717) is 29.2 Å². The number of hydrogen-bond acceptors (Lipinski definition) is 3. The summed E-state index contributed by atoms with van der Waals surface area (Å²) in [7, 11) is 0. The number of imide groups is 1. The van der Waals surface area contributed by atoms with Crippen molar-refractivity contribution in [2.24, 2.45) is 0 Å². The molecule has 0 aliphatic carbocycles. The van der Waals surface area contributed by atoms with Gasteiger partial charge >= 0.3 is 0 Å². The molecule has 0 radical (unpaired) electrons. The Morgan fingerprint density at radius 3 is 2.32 bits per heavy atom. The molecule has 110 valence electrons. The van der Waals surface area contributed by atoms with Crippen molar-refractivity contribution in [3.63, 3.8) is 0 Å². The number of carbonyl (C=O) groups is 2. The van der Waals surface area contributed by atoms with Crippen molar-refractivity contribution in [3.05, 3.63) is 71.8 Å². The lowest BCUT2D eigenvalue weighted by Gasteiger charge is -2.18. The van der Waals surface area contributed by atoms with E-state index in [2.05, 4.69) is 6.58 Å². The Hall–Kier alpha value is -2.88. The first-order chi connectivity index (χ1) is 10.6. The highest BCUT2D eigenvalue weighted by Crippen LogP contribution is 2.35. The molecule has 4 nitrogen and oxygen atoms in total. The molecule has 1 aliphatic heterocycles. The molecule has 0 saturated carbocycles. The molecule has 0 N–H and O–H groups in total. The molecule has 0 aromatic heterocycles. The fourth-order valence-electron chi connectivity index (χ4n) is 2.48. The van der Waals surface area contributed by atoms with E-state index in [1.54, 1.807) is 36.4 Å². The van der Waals surface area contributed by atoms with Crippen LogP contribution in [0.4, 0.5) is 5.69 Å². The Labute approximate surface area is 128 Å². The number of benzene rings is 2. The van der Waals surface area contributed by atoms with Gasteiger partial charge in [0.15, 0.2) is 0 Å². The maximum atomic E-state index is 12.5. The van der Waals surface area contributed by atoms with Gasteiger partial charge in [0, 0.05) is 0 Å². The third-order valence-corrected chi connectivity index (χ3v) is 3.51. The second-order valence-corrected chi connectivity index (χ2v) is 5.06. The molecule has 2 amide bonds. The average Bonchev–Trinajstić information content (AvgIpc) is 2.78. The topological polar surface area (TPSA) is 46.6 Å². The van der Waals surface area contributed by atoms with Crippen molar-refractivity contribution in [1.29, 1.82) is 0 Å². The third-order valence-electron chi connectivity index (χ3n) is 3.51. The van der Waals surface area contributed by atoms with Gasteiger partial charge in [0.25, 0.3) is 11.8 Å². The van der Waals surface area contributed by atoms with E-state index in [1.165, 1.54) is 4.90 Å². The molecule has 2 aromatic carbocycles. The molecule has 1 aliphatic rings. The first-order valence-electron chi connectivity index (χ1n) is 6.95. The summed E-state index contributed by atoms with van der Waals surface area (Å²) in [6, 6.07) is 12.2. The molecule has 4 heteroatoms. The van der Waals surface area contributed by atoms with Gasteiger partial charge in [-0.05, 0) is 36.8 Å². The molecule has 0 atom stereocenters. The van der Waals surface area contributed by atoms with Gasteiger partial charge in [0.2, 0.25) is 0 Å². The maximum absolute atomic E-state index is 12.5. The number of fused-ring (bicyclic) bond motifs is 1. The summed E-state index contributed by atoms with van der Waals surface area (Å²) in [6.45, 7) is 5.84. The van der Waals surface area contributed by atoms with E-state index < -0.39 is 0 Å². The second kappa shape index (κ2) is 5.48. The number of ether oxygens (including phenoxy) is 1. The number of anilines is 1. The maximum Gasteiger partial charge on any atom is 0.266 e. The van der Waals surface area contributed by atoms with Crippen LogP contribution in [0.5, 0.6) is 5.75 Å². The summed E-state index contributed by atoms with van der Waals surface area (Å²) in [5.41, 5.74) is 2.28. The molecule has 0 bridgehead atoms. The van der Waals surface area contributed by atoms with E-state index in [9.17, 15) is 9.59 Å². The molecule has 2 aromatic rings. The molecule has 0 unspecified atom stereocenters. The zero-order valence-electron chi connectivity index (χ0n) is 12.2. The van der Waals surface area contributed by atoms with Crippen molar-refractivity contribution in [1.82, 2.24) is 0 Å². The quantitative estimate of drug-likeness (QED) is 0.641. The van der Waals surface area contributed by atoms with E-state index in [1.807, 2.05) is 19.1 Å². The van der Waals surface area contributed by atoms with Gasteiger partial charge in [-0.15, -0.1) is 0 Å². The highest BCUT2D eigenvalue weighted by atomic mass is 16.5. The van der Waals surface area contributed by atoms with Gasteiger partial charge in [-0.2, -0.15) is 0 Å². The molecule has 0 spiro atoms. The third kappa shape index (κ3) is 2.19. The van der Waals surface area contributed by atoms with Crippen molar-refractivity contribution in [2.75, 3.05) is 11.5 Å². The van der Waals surface area contributed by atoms with Crippen molar-refractivity contribution in [3.8, 4) is 5.75 Å². The Morgan fingerprint density at radius 2 is 1.73 bits per heavy atom. The standard InChI is InChI=1S/C18H15NO3/c1-3-10-22-16-11-12(2)8-9-15(16)19-17(20)13-6-4-5-7-14(13)18(19)21/h3-9,11H,1,10H2,2H3. The summed E-state index contributed by atoms with van der Waals surface area (Å²) in [4.78, 5) is 26.3. The van der Waals surface area contributed by atoms with Crippen LogP contribution in [0.3, 0.4) is 0 Å². The summed E-state index contributed by atoms with van der Waals surface area (Å²) in [5.74, 6) is -0.157. The lowest BCUT2D eigenvalue weighted by molar-refractivity contribution is 0.0925. The summed E-state index contributed by atoms with van der Waals surface area (Å²) >= 11 is 0. The predicted molar refractivity (Wildman–Crippen MR) is 84.5 cm³/mol. The highest BCUT2D eigenvalue weighted by Gasteiger charge is 2.37. The van der Waals surface area contributed by atoms with E-state index >= 15 is 0 Å². The van der Waals surface area contributed by atoms with Crippen molar-refractivity contribution in [2.45, 2.75) is 6.92 Å². The van der Waals surface area contributed by atoms with E-state index in [4.69, 9.17) is 4.74 Å². The number of amides is 2. The van der Waals surface area contributed by atoms with Crippen LogP contribution in [0.15, 0.2) is 55.1 Å². The molecule has 0 fully saturated rings. The van der Waals surface area contributed by atoms with Gasteiger partial charge in [-0.25, -0.2) is 4.90 Å². The molecular formula is C18H15NO3. The molecular weight excluding hydrogens is 278 g/mol. The number of rotatable bonds is 4. The van der Waals surface area contributed by atoms with Crippen LogP contribution in [0.2, 0.25) is 0 Å². The second-order valence-electron chi connectivity index (χ2n) is 5.06. The fraction of sp³-hybridized carbons (Fsp3) is 0.111. The van der Waals surface area contributed by atoms with Crippen LogP contribution in [-0.2, 0) is 0 Å². The predicted octanol–water partition coefficient (Wildman–Crippen LogP) is 3.36. The fourth-order valence-corrected chi connectivity index (χ4v) is 2.48. The molecule has 3 rings (SSSR count). The van der Waals surface area contributed by atoms with Crippen molar-refractivity contribution < 1.29 is 14.3 Å². The van der Waals surface area contributed by atoms with Crippen LogP contribution < -0.4 is 9.64 Å². The van der Waals surface area contributed by atoms with Gasteiger partial charge < -0.3 is 4.74 Å². The van der Waals surface area contributed by atoms with Gasteiger partial charge in [-0.1, -0.05) is 30.9 Å². The Morgan fingerprint density at radius 1 is 1.09 bits per heavy atom. The number of carbonyl (C=O) groups excluding carboxylic acids is 2. The Balaban J connectivity index is 2.07. The zero-order chi connectivity index (χ0) is 15.7. The zero-order valence-corrected chi connectivity index (χ0v) is 12.2. The van der Waals surface area contributed by atoms with Crippen LogP contribution in [-0.4, -0.2) is 18.4 Å². The first kappa shape index (κ1) is 14.1. The van der Waals surface area contributed by atoms with Crippen LogP contribution in [0.25, 0.3) is 0 Å².